The second-order valence-electron chi connectivity index (χ2n) is 5.35. The van der Waals surface area contributed by atoms with Crippen LogP contribution in [0, 0.1) is 5.82 Å². The number of carbonyl (C=O) groups is 1. The largest absolute Gasteiger partial charge is 0.481 e. The van der Waals surface area contributed by atoms with Gasteiger partial charge in [-0.2, -0.15) is 0 Å². The number of nitrogens with one attached hydrogen (secondary N) is 1. The summed E-state index contributed by atoms with van der Waals surface area (Å²) in [5.41, 5.74) is -0.154. The van der Waals surface area contributed by atoms with Gasteiger partial charge in [0.1, 0.15) is 0 Å². The number of nitrogens with zero attached hydrogens (tertiary/aromatic N) is 1. The maximum Gasteiger partial charge on any atom is 0.258 e. The first-order chi connectivity index (χ1) is 9.22. The van der Waals surface area contributed by atoms with E-state index in [1.54, 1.807) is 6.07 Å². The van der Waals surface area contributed by atoms with Crippen LogP contribution in [0.15, 0.2) is 22.7 Å². The summed E-state index contributed by atoms with van der Waals surface area (Å²) >= 11 is 3.16. The molecule has 0 radical (unpaired) electrons. The molecule has 1 rings (SSSR count). The number of rotatable bonds is 6. The third kappa shape index (κ3) is 5.09. The van der Waals surface area contributed by atoms with E-state index in [-0.39, 0.29) is 23.8 Å². The minimum absolute atomic E-state index is 0.0650. The maximum atomic E-state index is 13.5. The van der Waals surface area contributed by atoms with Crippen LogP contribution in [-0.4, -0.2) is 43.6 Å². The van der Waals surface area contributed by atoms with Crippen molar-refractivity contribution < 1.29 is 13.9 Å². The molecule has 1 N–H and O–H groups in total. The summed E-state index contributed by atoms with van der Waals surface area (Å²) in [4.78, 5) is 13.7. The average Bonchev–Trinajstić information content (AvgIpc) is 2.35. The molecule has 1 aromatic rings. The van der Waals surface area contributed by atoms with Crippen LogP contribution in [-0.2, 0) is 4.79 Å². The summed E-state index contributed by atoms with van der Waals surface area (Å²) in [7, 11) is 3.89. The molecule has 0 aromatic heterocycles. The van der Waals surface area contributed by atoms with Crippen LogP contribution in [0.3, 0.4) is 0 Å². The summed E-state index contributed by atoms with van der Waals surface area (Å²) < 4.78 is 19.3. The molecule has 0 atom stereocenters. The van der Waals surface area contributed by atoms with E-state index in [2.05, 4.69) is 21.2 Å². The highest BCUT2D eigenvalue weighted by Gasteiger charge is 2.21. The number of ether oxygens (including phenoxy) is 1. The van der Waals surface area contributed by atoms with Gasteiger partial charge < -0.3 is 15.0 Å². The molecule has 20 heavy (non-hydrogen) atoms. The normalized spacial score (nSPS) is 11.6. The Labute approximate surface area is 127 Å². The number of halogens is 2. The number of carbonyl (C=O) groups excluding carboxylic acids is 1. The zero-order valence-electron chi connectivity index (χ0n) is 12.2. The Kier molecular flexibility index (Phi) is 5.95. The van der Waals surface area contributed by atoms with E-state index in [0.29, 0.717) is 11.0 Å². The van der Waals surface area contributed by atoms with Gasteiger partial charge in [0.2, 0.25) is 0 Å². The van der Waals surface area contributed by atoms with Crippen LogP contribution < -0.4 is 10.1 Å². The van der Waals surface area contributed by atoms with Crippen molar-refractivity contribution >= 4 is 21.8 Å². The molecule has 0 unspecified atom stereocenters. The second-order valence-corrected chi connectivity index (χ2v) is 6.26. The minimum Gasteiger partial charge on any atom is -0.481 e. The lowest BCUT2D eigenvalue weighted by Gasteiger charge is -2.32. The Morgan fingerprint density at radius 3 is 2.65 bits per heavy atom. The van der Waals surface area contributed by atoms with E-state index in [0.717, 1.165) is 0 Å². The molecule has 0 aliphatic rings. The van der Waals surface area contributed by atoms with Gasteiger partial charge in [-0.05, 0) is 46.1 Å². The Bertz CT molecular complexity index is 478. The number of likely N-dealkylation sites (N-methyl/N-ethyl adjacent to an activating group) is 1. The van der Waals surface area contributed by atoms with Crippen LogP contribution in [0.2, 0.25) is 0 Å². The van der Waals surface area contributed by atoms with Gasteiger partial charge >= 0.3 is 0 Å². The van der Waals surface area contributed by atoms with Gasteiger partial charge in [0, 0.05) is 16.6 Å². The van der Waals surface area contributed by atoms with Crippen LogP contribution in [0.4, 0.5) is 4.39 Å². The molecular weight excluding hydrogens is 327 g/mol. The van der Waals surface area contributed by atoms with Crippen molar-refractivity contribution in [3.05, 3.63) is 28.5 Å². The number of amides is 1. The van der Waals surface area contributed by atoms with E-state index in [4.69, 9.17) is 4.74 Å². The van der Waals surface area contributed by atoms with Gasteiger partial charge in [-0.25, -0.2) is 4.39 Å². The number of benzene rings is 1. The zero-order valence-corrected chi connectivity index (χ0v) is 13.8. The molecule has 1 aromatic carbocycles. The fraction of sp³-hybridized carbons (Fsp3) is 0.500. The first kappa shape index (κ1) is 16.9. The third-order valence-electron chi connectivity index (χ3n) is 3.18. The van der Waals surface area contributed by atoms with Crippen molar-refractivity contribution in [2.45, 2.75) is 19.4 Å². The van der Waals surface area contributed by atoms with Gasteiger partial charge in [0.15, 0.2) is 18.2 Å². The molecule has 0 spiro atoms. The first-order valence-electron chi connectivity index (χ1n) is 6.24. The van der Waals surface area contributed by atoms with Crippen molar-refractivity contribution in [2.24, 2.45) is 0 Å². The summed E-state index contributed by atoms with van der Waals surface area (Å²) in [6.07, 6.45) is 0. The summed E-state index contributed by atoms with van der Waals surface area (Å²) in [5, 5.41) is 2.77. The van der Waals surface area contributed by atoms with E-state index in [9.17, 15) is 9.18 Å². The smallest absolute Gasteiger partial charge is 0.258 e. The highest BCUT2D eigenvalue weighted by molar-refractivity contribution is 9.10. The Morgan fingerprint density at radius 2 is 2.10 bits per heavy atom. The Hall–Kier alpha value is -1.14. The van der Waals surface area contributed by atoms with Crippen molar-refractivity contribution in [1.29, 1.82) is 0 Å². The maximum absolute atomic E-state index is 13.5. The Morgan fingerprint density at radius 1 is 1.45 bits per heavy atom. The molecule has 6 heteroatoms. The molecule has 4 nitrogen and oxygen atoms in total. The van der Waals surface area contributed by atoms with Crippen LogP contribution in [0.25, 0.3) is 0 Å². The third-order valence-corrected chi connectivity index (χ3v) is 3.67. The number of hydrogen-bond acceptors (Lipinski definition) is 3. The van der Waals surface area contributed by atoms with Gasteiger partial charge in [-0.15, -0.1) is 0 Å². The zero-order chi connectivity index (χ0) is 15.3. The highest BCUT2D eigenvalue weighted by Crippen LogP contribution is 2.21. The average molecular weight is 347 g/mol. The number of hydrogen-bond donors (Lipinski definition) is 1. The predicted octanol–water partition coefficient (Wildman–Crippen LogP) is 2.42. The van der Waals surface area contributed by atoms with Gasteiger partial charge in [-0.3, -0.25) is 4.79 Å². The second kappa shape index (κ2) is 7.04. The van der Waals surface area contributed by atoms with Crippen molar-refractivity contribution in [3.63, 3.8) is 0 Å². The van der Waals surface area contributed by atoms with Crippen molar-refractivity contribution in [3.8, 4) is 5.75 Å². The topological polar surface area (TPSA) is 41.6 Å². The van der Waals surface area contributed by atoms with E-state index in [1.807, 2.05) is 32.8 Å². The lowest BCUT2D eigenvalue weighted by Crippen LogP contribution is -2.48. The van der Waals surface area contributed by atoms with Crippen LogP contribution in [0.1, 0.15) is 13.8 Å². The quantitative estimate of drug-likeness (QED) is 0.859. The van der Waals surface area contributed by atoms with Gasteiger partial charge in [-0.1, -0.05) is 15.9 Å². The van der Waals surface area contributed by atoms with Gasteiger partial charge in [0.25, 0.3) is 5.91 Å². The molecule has 1 amide bonds. The first-order valence-corrected chi connectivity index (χ1v) is 7.03. The van der Waals surface area contributed by atoms with E-state index in [1.165, 1.54) is 12.1 Å². The summed E-state index contributed by atoms with van der Waals surface area (Å²) in [6, 6.07) is 4.43. The summed E-state index contributed by atoms with van der Waals surface area (Å²) in [5.74, 6) is -0.710. The monoisotopic (exact) mass is 346 g/mol. The molecule has 0 heterocycles. The molecule has 112 valence electrons. The molecule has 0 fully saturated rings. The highest BCUT2D eigenvalue weighted by atomic mass is 79.9. The fourth-order valence-corrected chi connectivity index (χ4v) is 1.59. The van der Waals surface area contributed by atoms with Gasteiger partial charge in [0.05, 0.1) is 0 Å². The summed E-state index contributed by atoms with van der Waals surface area (Å²) in [6.45, 7) is 4.32. The Balaban J connectivity index is 2.44. The van der Waals surface area contributed by atoms with E-state index < -0.39 is 5.82 Å². The molecule has 0 aliphatic heterocycles. The predicted molar refractivity (Wildman–Crippen MR) is 80.4 cm³/mol. The molecule has 0 aliphatic carbocycles. The molecular formula is C14H20BrFN2O2. The molecule has 0 saturated carbocycles. The van der Waals surface area contributed by atoms with Crippen molar-refractivity contribution in [1.82, 2.24) is 10.2 Å². The molecule has 0 saturated heterocycles. The lowest BCUT2D eigenvalue weighted by molar-refractivity contribution is -0.123. The lowest BCUT2D eigenvalue weighted by atomic mass is 10.0. The molecule has 0 bridgehead atoms. The standard InChI is InChI=1S/C14H20BrFN2O2/c1-14(2,18(3)4)9-17-13(19)8-20-12-6-5-10(15)7-11(12)16/h5-7H,8-9H2,1-4H3,(H,17,19). The van der Waals surface area contributed by atoms with Crippen LogP contribution >= 0.6 is 15.9 Å². The van der Waals surface area contributed by atoms with Crippen molar-refractivity contribution in [2.75, 3.05) is 27.2 Å². The van der Waals surface area contributed by atoms with E-state index >= 15 is 0 Å². The minimum atomic E-state index is -0.499. The fourth-order valence-electron chi connectivity index (χ4n) is 1.26. The SMILES string of the molecule is CN(C)C(C)(C)CNC(=O)COc1ccc(Br)cc1F. The van der Waals surface area contributed by atoms with Crippen LogP contribution in [0.5, 0.6) is 5.75 Å².